The first kappa shape index (κ1) is 23.5. The van der Waals surface area contributed by atoms with E-state index in [4.69, 9.17) is 9.47 Å². The SMILES string of the molecule is CC(C)OCCCN1C(=O)C(=O)/C(=C(\O)c2cccc(OC(C)C)c2)C1c1ccccc1. The lowest BCUT2D eigenvalue weighted by Gasteiger charge is -2.25. The molecule has 1 aliphatic heterocycles. The molecule has 1 saturated heterocycles. The first-order chi connectivity index (χ1) is 15.3. The molecule has 2 aromatic rings. The van der Waals surface area contributed by atoms with Crippen LogP contribution < -0.4 is 4.74 Å². The van der Waals surface area contributed by atoms with Gasteiger partial charge < -0.3 is 19.5 Å². The quantitative estimate of drug-likeness (QED) is 0.266. The third-order valence-corrected chi connectivity index (χ3v) is 5.13. The molecule has 170 valence electrons. The van der Waals surface area contributed by atoms with Crippen molar-refractivity contribution in [3.05, 3.63) is 71.3 Å². The molecule has 0 saturated carbocycles. The van der Waals surface area contributed by atoms with Gasteiger partial charge in [-0.25, -0.2) is 0 Å². The van der Waals surface area contributed by atoms with E-state index in [1.54, 1.807) is 24.3 Å². The highest BCUT2D eigenvalue weighted by Crippen LogP contribution is 2.39. The van der Waals surface area contributed by atoms with Crippen LogP contribution in [0.3, 0.4) is 0 Å². The summed E-state index contributed by atoms with van der Waals surface area (Å²) in [5, 5.41) is 11.2. The van der Waals surface area contributed by atoms with Crippen molar-refractivity contribution in [2.24, 2.45) is 0 Å². The number of ether oxygens (including phenoxy) is 2. The summed E-state index contributed by atoms with van der Waals surface area (Å²) >= 11 is 0. The van der Waals surface area contributed by atoms with Crippen LogP contribution in [0.1, 0.15) is 51.3 Å². The van der Waals surface area contributed by atoms with Gasteiger partial charge >= 0.3 is 0 Å². The largest absolute Gasteiger partial charge is 0.507 e. The van der Waals surface area contributed by atoms with Crippen LogP contribution in [0.2, 0.25) is 0 Å². The summed E-state index contributed by atoms with van der Waals surface area (Å²) in [4.78, 5) is 27.5. The number of aliphatic hydroxyl groups is 1. The van der Waals surface area contributed by atoms with Crippen LogP contribution in [0, 0.1) is 0 Å². The predicted molar refractivity (Wildman–Crippen MR) is 123 cm³/mol. The van der Waals surface area contributed by atoms with Crippen molar-refractivity contribution in [2.75, 3.05) is 13.2 Å². The molecule has 0 spiro atoms. The number of hydrogen-bond donors (Lipinski definition) is 1. The topological polar surface area (TPSA) is 76.1 Å². The minimum atomic E-state index is -0.684. The minimum absolute atomic E-state index is 0.0321. The van der Waals surface area contributed by atoms with Gasteiger partial charge in [0.05, 0.1) is 23.8 Å². The molecule has 0 bridgehead atoms. The Bertz CT molecular complexity index is 981. The average molecular weight is 438 g/mol. The van der Waals surface area contributed by atoms with Crippen LogP contribution in [-0.2, 0) is 14.3 Å². The van der Waals surface area contributed by atoms with Crippen LogP contribution in [0.25, 0.3) is 5.76 Å². The van der Waals surface area contributed by atoms with E-state index < -0.39 is 17.7 Å². The van der Waals surface area contributed by atoms with Crippen LogP contribution >= 0.6 is 0 Å². The lowest BCUT2D eigenvalue weighted by molar-refractivity contribution is -0.140. The van der Waals surface area contributed by atoms with Gasteiger partial charge in [0, 0.05) is 18.7 Å². The molecule has 1 amide bonds. The van der Waals surface area contributed by atoms with Gasteiger partial charge in [-0.1, -0.05) is 42.5 Å². The lowest BCUT2D eigenvalue weighted by Crippen LogP contribution is -2.31. The second kappa shape index (κ2) is 10.5. The van der Waals surface area contributed by atoms with Gasteiger partial charge in [0.2, 0.25) is 0 Å². The minimum Gasteiger partial charge on any atom is -0.507 e. The van der Waals surface area contributed by atoms with Crippen LogP contribution in [0.4, 0.5) is 0 Å². The van der Waals surface area contributed by atoms with Crippen molar-refractivity contribution in [1.82, 2.24) is 4.90 Å². The molecule has 0 aliphatic carbocycles. The molecule has 1 unspecified atom stereocenters. The summed E-state index contributed by atoms with van der Waals surface area (Å²) in [6.07, 6.45) is 0.651. The molecule has 1 atom stereocenters. The number of carbonyl (C=O) groups is 2. The Morgan fingerprint density at radius 2 is 1.72 bits per heavy atom. The molecule has 6 heteroatoms. The van der Waals surface area contributed by atoms with E-state index in [2.05, 4.69) is 0 Å². The number of Topliss-reactive ketones (excluding diaryl/α,β-unsaturated/α-hetero) is 1. The Hall–Kier alpha value is -3.12. The van der Waals surface area contributed by atoms with E-state index in [0.717, 1.165) is 5.56 Å². The Labute approximate surface area is 189 Å². The molecular weight excluding hydrogens is 406 g/mol. The number of aliphatic hydroxyl groups excluding tert-OH is 1. The highest BCUT2D eigenvalue weighted by atomic mass is 16.5. The maximum atomic E-state index is 13.0. The molecule has 1 heterocycles. The Morgan fingerprint density at radius 3 is 2.38 bits per heavy atom. The first-order valence-electron chi connectivity index (χ1n) is 11.0. The van der Waals surface area contributed by atoms with E-state index in [9.17, 15) is 14.7 Å². The number of hydrogen-bond acceptors (Lipinski definition) is 5. The van der Waals surface area contributed by atoms with Crippen LogP contribution in [0.15, 0.2) is 60.2 Å². The fourth-order valence-electron chi connectivity index (χ4n) is 3.79. The van der Waals surface area contributed by atoms with Gasteiger partial charge in [-0.2, -0.15) is 0 Å². The van der Waals surface area contributed by atoms with Gasteiger partial charge in [-0.05, 0) is 51.8 Å². The van der Waals surface area contributed by atoms with Crippen molar-refractivity contribution >= 4 is 17.4 Å². The average Bonchev–Trinajstić information content (AvgIpc) is 3.01. The van der Waals surface area contributed by atoms with E-state index in [1.165, 1.54) is 4.90 Å². The maximum Gasteiger partial charge on any atom is 0.295 e. The number of likely N-dealkylation sites (tertiary alicyclic amines) is 1. The first-order valence-corrected chi connectivity index (χ1v) is 11.0. The molecule has 0 radical (unpaired) electrons. The molecule has 1 N–H and O–H groups in total. The van der Waals surface area contributed by atoms with Crippen LogP contribution in [-0.4, -0.2) is 47.1 Å². The predicted octanol–water partition coefficient (Wildman–Crippen LogP) is 4.71. The smallest absolute Gasteiger partial charge is 0.295 e. The summed E-state index contributed by atoms with van der Waals surface area (Å²) in [5.41, 5.74) is 1.30. The zero-order valence-electron chi connectivity index (χ0n) is 19.1. The summed E-state index contributed by atoms with van der Waals surface area (Å²) in [6, 6.07) is 15.6. The number of rotatable bonds is 9. The molecule has 6 nitrogen and oxygen atoms in total. The summed E-state index contributed by atoms with van der Waals surface area (Å²) in [6.45, 7) is 8.56. The van der Waals surface area contributed by atoms with E-state index in [0.29, 0.717) is 30.9 Å². The maximum absolute atomic E-state index is 13.0. The van der Waals surface area contributed by atoms with E-state index in [-0.39, 0.29) is 23.5 Å². The third kappa shape index (κ3) is 5.37. The second-order valence-corrected chi connectivity index (χ2v) is 8.37. The van der Waals surface area contributed by atoms with Gasteiger partial charge in [0.1, 0.15) is 11.5 Å². The molecule has 32 heavy (non-hydrogen) atoms. The van der Waals surface area contributed by atoms with Crippen molar-refractivity contribution < 1.29 is 24.2 Å². The highest BCUT2D eigenvalue weighted by molar-refractivity contribution is 6.46. The normalized spacial score (nSPS) is 18.1. The molecular formula is C26H31NO5. The zero-order valence-corrected chi connectivity index (χ0v) is 19.1. The molecule has 0 aromatic heterocycles. The Kier molecular flexibility index (Phi) is 7.70. The third-order valence-electron chi connectivity index (χ3n) is 5.13. The molecule has 1 aliphatic rings. The van der Waals surface area contributed by atoms with Crippen molar-refractivity contribution in [1.29, 1.82) is 0 Å². The molecule has 2 aromatic carbocycles. The van der Waals surface area contributed by atoms with Gasteiger partial charge in [-0.3, -0.25) is 9.59 Å². The number of carbonyl (C=O) groups excluding carboxylic acids is 2. The summed E-state index contributed by atoms with van der Waals surface area (Å²) in [7, 11) is 0. The number of ketones is 1. The monoisotopic (exact) mass is 437 g/mol. The van der Waals surface area contributed by atoms with Crippen LogP contribution in [0.5, 0.6) is 5.75 Å². The zero-order chi connectivity index (χ0) is 23.3. The molecule has 1 fully saturated rings. The van der Waals surface area contributed by atoms with Gasteiger partial charge in [-0.15, -0.1) is 0 Å². The van der Waals surface area contributed by atoms with Gasteiger partial charge in [0.25, 0.3) is 11.7 Å². The Morgan fingerprint density at radius 1 is 1.00 bits per heavy atom. The standard InChI is InChI=1S/C26H31NO5/c1-17(2)31-15-9-14-27-23(19-10-6-5-7-11-19)22(25(29)26(27)30)24(28)20-12-8-13-21(16-20)32-18(3)4/h5-8,10-13,16-18,23,28H,9,14-15H2,1-4H3/b24-22-. The van der Waals surface area contributed by atoms with Crippen molar-refractivity contribution in [2.45, 2.75) is 52.4 Å². The second-order valence-electron chi connectivity index (χ2n) is 8.37. The fraction of sp³-hybridized carbons (Fsp3) is 0.385. The summed E-state index contributed by atoms with van der Waals surface area (Å²) in [5.74, 6) is -0.913. The van der Waals surface area contributed by atoms with E-state index in [1.807, 2.05) is 58.0 Å². The van der Waals surface area contributed by atoms with Crippen molar-refractivity contribution in [3.63, 3.8) is 0 Å². The van der Waals surface area contributed by atoms with E-state index >= 15 is 0 Å². The lowest BCUT2D eigenvalue weighted by atomic mass is 9.95. The number of nitrogens with zero attached hydrogens (tertiary/aromatic N) is 1. The van der Waals surface area contributed by atoms with Crippen molar-refractivity contribution in [3.8, 4) is 5.75 Å². The van der Waals surface area contributed by atoms with Gasteiger partial charge in [0.15, 0.2) is 0 Å². The summed E-state index contributed by atoms with van der Waals surface area (Å²) < 4.78 is 11.3. The Balaban J connectivity index is 2.00. The molecule has 3 rings (SSSR count). The number of benzene rings is 2. The fourth-order valence-corrected chi connectivity index (χ4v) is 3.79. The highest BCUT2D eigenvalue weighted by Gasteiger charge is 2.45. The number of amides is 1.